The third kappa shape index (κ3) is 4.73. The number of thioether (sulfide) groups is 1. The van der Waals surface area contributed by atoms with Crippen LogP contribution in [-0.2, 0) is 4.79 Å². The number of pyridine rings is 1. The van der Waals surface area contributed by atoms with E-state index in [0.717, 1.165) is 5.56 Å². The average Bonchev–Trinajstić information content (AvgIpc) is 2.82. The number of hydrogen-bond donors (Lipinski definition) is 1. The van der Waals surface area contributed by atoms with Gasteiger partial charge in [-0.05, 0) is 35.7 Å². The number of carbonyl (C=O) groups excluding carboxylic acids is 1. The molecule has 1 amide bonds. The van der Waals surface area contributed by atoms with Gasteiger partial charge >= 0.3 is 0 Å². The molecule has 7 heteroatoms. The van der Waals surface area contributed by atoms with Crippen molar-refractivity contribution >= 4 is 28.7 Å². The molecule has 2 aromatic carbocycles. The molecule has 2 aromatic heterocycles. The van der Waals surface area contributed by atoms with Crippen molar-refractivity contribution in [3.8, 4) is 5.69 Å². The van der Waals surface area contributed by atoms with Crippen LogP contribution in [0.1, 0.15) is 25.5 Å². The molecule has 32 heavy (non-hydrogen) atoms. The molecule has 0 radical (unpaired) electrons. The Hall–Kier alpha value is -3.45. The lowest BCUT2D eigenvalue weighted by Gasteiger charge is -2.23. The molecule has 0 aliphatic heterocycles. The van der Waals surface area contributed by atoms with Gasteiger partial charge in [-0.1, -0.05) is 74.1 Å². The molecule has 0 bridgehead atoms. The second kappa shape index (κ2) is 9.78. The van der Waals surface area contributed by atoms with E-state index in [0.29, 0.717) is 21.9 Å². The van der Waals surface area contributed by atoms with Crippen molar-refractivity contribution in [3.05, 3.63) is 94.9 Å². The topological polar surface area (TPSA) is 76.9 Å². The molecule has 4 aromatic rings. The Balaban J connectivity index is 1.61. The normalized spacial score (nSPS) is 12.1. The molecule has 1 atom stereocenters. The summed E-state index contributed by atoms with van der Waals surface area (Å²) in [6.07, 6.45) is 1.61. The molecule has 162 valence electrons. The molecule has 0 spiro atoms. The van der Waals surface area contributed by atoms with E-state index < -0.39 is 0 Å². The number of nitrogens with zero attached hydrogens (tertiary/aromatic N) is 3. The fraction of sp³-hybridized carbons (Fsp3) is 0.200. The molecule has 0 aliphatic rings. The van der Waals surface area contributed by atoms with E-state index >= 15 is 0 Å². The molecular formula is C25H24N4O2S. The van der Waals surface area contributed by atoms with E-state index in [9.17, 15) is 9.59 Å². The SMILES string of the molecule is CC(C)C(NC(=O)CSc1nc2ncccc2c(=O)n1-c1ccccc1)c1ccccc1. The van der Waals surface area contributed by atoms with Crippen molar-refractivity contribution in [1.82, 2.24) is 19.9 Å². The van der Waals surface area contributed by atoms with Crippen LogP contribution in [0, 0.1) is 5.92 Å². The van der Waals surface area contributed by atoms with Gasteiger partial charge in [-0.25, -0.2) is 9.97 Å². The molecule has 0 saturated heterocycles. The molecule has 0 fully saturated rings. The van der Waals surface area contributed by atoms with E-state index in [1.807, 2.05) is 60.7 Å². The Morgan fingerprint density at radius 1 is 1.00 bits per heavy atom. The zero-order chi connectivity index (χ0) is 22.5. The lowest BCUT2D eigenvalue weighted by Crippen LogP contribution is -2.33. The van der Waals surface area contributed by atoms with Crippen molar-refractivity contribution < 1.29 is 4.79 Å². The van der Waals surface area contributed by atoms with Crippen LogP contribution in [0.3, 0.4) is 0 Å². The fourth-order valence-electron chi connectivity index (χ4n) is 3.54. The van der Waals surface area contributed by atoms with E-state index in [1.165, 1.54) is 11.8 Å². The van der Waals surface area contributed by atoms with Gasteiger partial charge in [0.1, 0.15) is 0 Å². The third-order valence-electron chi connectivity index (χ3n) is 5.10. The van der Waals surface area contributed by atoms with Crippen molar-refractivity contribution in [1.29, 1.82) is 0 Å². The van der Waals surface area contributed by atoms with Crippen LogP contribution in [-0.4, -0.2) is 26.2 Å². The lowest BCUT2D eigenvalue weighted by atomic mass is 9.96. The van der Waals surface area contributed by atoms with E-state index in [1.54, 1.807) is 22.9 Å². The van der Waals surface area contributed by atoms with Gasteiger partial charge in [-0.15, -0.1) is 0 Å². The van der Waals surface area contributed by atoms with E-state index in [-0.39, 0.29) is 29.2 Å². The van der Waals surface area contributed by atoms with Crippen molar-refractivity contribution in [2.45, 2.75) is 25.0 Å². The second-order valence-electron chi connectivity index (χ2n) is 7.73. The molecule has 0 aliphatic carbocycles. The Morgan fingerprint density at radius 2 is 1.69 bits per heavy atom. The summed E-state index contributed by atoms with van der Waals surface area (Å²) in [6.45, 7) is 4.16. The third-order valence-corrected chi connectivity index (χ3v) is 6.04. The summed E-state index contributed by atoms with van der Waals surface area (Å²) < 4.78 is 1.54. The van der Waals surface area contributed by atoms with Crippen LogP contribution in [0.5, 0.6) is 0 Å². The monoisotopic (exact) mass is 444 g/mol. The minimum absolute atomic E-state index is 0.0909. The Labute approximate surface area is 190 Å². The standard InChI is InChI=1S/C25H24N4O2S/c1-17(2)22(18-10-5-3-6-11-18)27-21(30)16-32-25-28-23-20(14-9-15-26-23)24(31)29(25)19-12-7-4-8-13-19/h3-15,17,22H,16H2,1-2H3,(H,27,30). The van der Waals surface area contributed by atoms with Crippen LogP contribution < -0.4 is 10.9 Å². The first-order valence-electron chi connectivity index (χ1n) is 10.4. The molecular weight excluding hydrogens is 420 g/mol. The number of fused-ring (bicyclic) bond motifs is 1. The van der Waals surface area contributed by atoms with E-state index in [2.05, 4.69) is 29.1 Å². The largest absolute Gasteiger partial charge is 0.348 e. The highest BCUT2D eigenvalue weighted by Crippen LogP contribution is 2.23. The minimum atomic E-state index is -0.207. The fourth-order valence-corrected chi connectivity index (χ4v) is 4.35. The summed E-state index contributed by atoms with van der Waals surface area (Å²) in [6, 6.07) is 22.6. The van der Waals surface area contributed by atoms with Gasteiger partial charge < -0.3 is 5.32 Å². The molecule has 0 saturated carbocycles. The number of amides is 1. The van der Waals surface area contributed by atoms with Gasteiger partial charge in [-0.2, -0.15) is 0 Å². The van der Waals surface area contributed by atoms with Crippen LogP contribution in [0.2, 0.25) is 0 Å². The Bertz CT molecular complexity index is 1270. The molecule has 6 nitrogen and oxygen atoms in total. The molecule has 4 rings (SSSR count). The smallest absolute Gasteiger partial charge is 0.268 e. The predicted octanol–water partition coefficient (Wildman–Crippen LogP) is 4.39. The number of carbonyl (C=O) groups is 1. The molecule has 1 unspecified atom stereocenters. The lowest BCUT2D eigenvalue weighted by molar-refractivity contribution is -0.119. The molecule has 2 heterocycles. The zero-order valence-electron chi connectivity index (χ0n) is 17.9. The summed E-state index contributed by atoms with van der Waals surface area (Å²) in [4.78, 5) is 34.9. The highest BCUT2D eigenvalue weighted by molar-refractivity contribution is 7.99. The maximum absolute atomic E-state index is 13.2. The number of aromatic nitrogens is 3. The van der Waals surface area contributed by atoms with Crippen molar-refractivity contribution in [3.63, 3.8) is 0 Å². The summed E-state index contributed by atoms with van der Waals surface area (Å²) in [7, 11) is 0. The maximum atomic E-state index is 13.2. The summed E-state index contributed by atoms with van der Waals surface area (Å²) >= 11 is 1.23. The maximum Gasteiger partial charge on any atom is 0.268 e. The number of rotatable bonds is 7. The zero-order valence-corrected chi connectivity index (χ0v) is 18.8. The number of benzene rings is 2. The van der Waals surface area contributed by atoms with Gasteiger partial charge in [0.15, 0.2) is 10.8 Å². The first-order valence-corrected chi connectivity index (χ1v) is 11.4. The van der Waals surface area contributed by atoms with Gasteiger partial charge in [0, 0.05) is 6.20 Å². The van der Waals surface area contributed by atoms with Gasteiger partial charge in [0.05, 0.1) is 22.9 Å². The Morgan fingerprint density at radius 3 is 2.38 bits per heavy atom. The summed E-state index contributed by atoms with van der Waals surface area (Å²) in [5.41, 5.74) is 1.93. The first kappa shape index (κ1) is 21.8. The van der Waals surface area contributed by atoms with Gasteiger partial charge in [0.2, 0.25) is 5.91 Å². The summed E-state index contributed by atoms with van der Waals surface area (Å²) in [5, 5.41) is 4.00. The van der Waals surface area contributed by atoms with E-state index in [4.69, 9.17) is 0 Å². The average molecular weight is 445 g/mol. The highest BCUT2D eigenvalue weighted by Gasteiger charge is 2.20. The number of hydrogen-bond acceptors (Lipinski definition) is 5. The van der Waals surface area contributed by atoms with Crippen LogP contribution in [0.4, 0.5) is 0 Å². The van der Waals surface area contributed by atoms with Crippen LogP contribution in [0.25, 0.3) is 16.7 Å². The van der Waals surface area contributed by atoms with Crippen LogP contribution in [0.15, 0.2) is 88.9 Å². The van der Waals surface area contributed by atoms with Crippen LogP contribution >= 0.6 is 11.8 Å². The van der Waals surface area contributed by atoms with Gasteiger partial charge in [-0.3, -0.25) is 14.2 Å². The second-order valence-corrected chi connectivity index (χ2v) is 8.68. The quantitative estimate of drug-likeness (QED) is 0.338. The predicted molar refractivity (Wildman–Crippen MR) is 128 cm³/mol. The van der Waals surface area contributed by atoms with Crippen molar-refractivity contribution in [2.75, 3.05) is 5.75 Å². The highest BCUT2D eigenvalue weighted by atomic mass is 32.2. The number of nitrogens with one attached hydrogen (secondary N) is 1. The summed E-state index contributed by atoms with van der Waals surface area (Å²) in [5.74, 6) is 0.248. The minimum Gasteiger partial charge on any atom is -0.348 e. The Kier molecular flexibility index (Phi) is 6.66. The molecule has 1 N–H and O–H groups in total. The number of para-hydroxylation sites is 1. The first-order chi connectivity index (χ1) is 15.5. The van der Waals surface area contributed by atoms with Crippen molar-refractivity contribution in [2.24, 2.45) is 5.92 Å². The van der Waals surface area contributed by atoms with Gasteiger partial charge in [0.25, 0.3) is 5.56 Å².